The lowest BCUT2D eigenvalue weighted by Crippen LogP contribution is -2.46. The van der Waals surface area contributed by atoms with Crippen molar-refractivity contribution in [1.29, 1.82) is 0 Å². The Morgan fingerprint density at radius 1 is 1.20 bits per heavy atom. The number of hydrogen-bond donors (Lipinski definition) is 2. The number of carbonyl (C=O) groups excluding carboxylic acids is 3. The second-order valence-corrected chi connectivity index (χ2v) is 6.97. The molecule has 10 nitrogen and oxygen atoms in total. The molecule has 3 N–H and O–H groups in total. The van der Waals surface area contributed by atoms with Gasteiger partial charge in [-0.1, -0.05) is 11.6 Å². The number of ether oxygens (including phenoxy) is 4. The lowest BCUT2D eigenvalue weighted by Gasteiger charge is -2.31. The summed E-state index contributed by atoms with van der Waals surface area (Å²) in [6.07, 6.45) is 0.424. The van der Waals surface area contributed by atoms with Crippen molar-refractivity contribution in [3.8, 4) is 5.75 Å². The van der Waals surface area contributed by atoms with E-state index in [0.29, 0.717) is 42.9 Å². The Balaban J connectivity index is 1.75. The van der Waals surface area contributed by atoms with E-state index in [1.165, 1.54) is 19.2 Å². The molecule has 1 aliphatic heterocycles. The van der Waals surface area contributed by atoms with Gasteiger partial charge in [-0.05, 0) is 25.8 Å². The van der Waals surface area contributed by atoms with Crippen molar-refractivity contribution in [3.05, 3.63) is 22.7 Å². The largest absolute Gasteiger partial charge is 0.511 e. The molecule has 1 aromatic carbocycles. The van der Waals surface area contributed by atoms with Gasteiger partial charge in [0, 0.05) is 25.2 Å². The molecule has 0 atom stereocenters. The molecule has 11 heteroatoms. The molecule has 0 aromatic heterocycles. The van der Waals surface area contributed by atoms with Crippen LogP contribution < -0.4 is 15.8 Å². The first-order valence-corrected chi connectivity index (χ1v) is 9.83. The molecular weight excluding hydrogens is 418 g/mol. The number of amides is 1. The topological polar surface area (TPSA) is 129 Å². The van der Waals surface area contributed by atoms with Gasteiger partial charge < -0.3 is 30.0 Å². The van der Waals surface area contributed by atoms with Crippen molar-refractivity contribution >= 4 is 35.3 Å². The fraction of sp³-hybridized carbons (Fsp3) is 0.526. The van der Waals surface area contributed by atoms with Crippen LogP contribution in [0.2, 0.25) is 5.02 Å². The summed E-state index contributed by atoms with van der Waals surface area (Å²) in [5.74, 6) is -0.467. The van der Waals surface area contributed by atoms with Crippen LogP contribution in [0.25, 0.3) is 0 Å². The van der Waals surface area contributed by atoms with Gasteiger partial charge in [-0.25, -0.2) is 4.79 Å². The summed E-state index contributed by atoms with van der Waals surface area (Å²) in [6, 6.07) is 2.93. The van der Waals surface area contributed by atoms with Crippen LogP contribution in [0, 0.1) is 0 Å². The van der Waals surface area contributed by atoms with Gasteiger partial charge in [0.25, 0.3) is 5.91 Å². The Morgan fingerprint density at radius 3 is 2.53 bits per heavy atom. The Labute approximate surface area is 179 Å². The lowest BCUT2D eigenvalue weighted by molar-refractivity contribution is -0.154. The molecule has 166 valence electrons. The van der Waals surface area contributed by atoms with Crippen LogP contribution in [0.3, 0.4) is 0 Å². The maximum atomic E-state index is 12.6. The summed E-state index contributed by atoms with van der Waals surface area (Å²) < 4.78 is 19.2. The molecule has 1 fully saturated rings. The number of carbonyl (C=O) groups is 3. The Bertz CT molecular complexity index is 767. The number of halogens is 1. The first-order chi connectivity index (χ1) is 14.3. The zero-order valence-corrected chi connectivity index (χ0v) is 17.7. The van der Waals surface area contributed by atoms with Crippen LogP contribution in [-0.2, 0) is 19.0 Å². The van der Waals surface area contributed by atoms with Gasteiger partial charge in [0.05, 0.1) is 36.5 Å². The van der Waals surface area contributed by atoms with E-state index < -0.39 is 18.9 Å². The molecule has 1 heterocycles. The number of methoxy groups -OCH3 is 1. The number of rotatable bonds is 8. The van der Waals surface area contributed by atoms with Crippen LogP contribution in [0.1, 0.15) is 30.1 Å². The van der Waals surface area contributed by atoms with E-state index >= 15 is 0 Å². The minimum absolute atomic E-state index is 0.0575. The third-order valence-electron chi connectivity index (χ3n) is 4.50. The fourth-order valence-electron chi connectivity index (χ4n) is 2.95. The zero-order chi connectivity index (χ0) is 22.1. The quantitative estimate of drug-likeness (QED) is 0.351. The number of nitrogens with one attached hydrogen (secondary N) is 1. The molecule has 0 spiro atoms. The SMILES string of the molecule is CCOC(=O)OCOC(=O)CN1CCC(NC(=O)c2cc(Cl)c(N)cc2OC)CC1. The zero-order valence-electron chi connectivity index (χ0n) is 16.9. The van der Waals surface area contributed by atoms with E-state index in [0.717, 1.165) is 0 Å². The molecule has 30 heavy (non-hydrogen) atoms. The highest BCUT2D eigenvalue weighted by molar-refractivity contribution is 6.33. The van der Waals surface area contributed by atoms with Gasteiger partial charge in [0.1, 0.15) is 5.75 Å². The molecule has 1 amide bonds. The van der Waals surface area contributed by atoms with E-state index in [4.69, 9.17) is 26.8 Å². The third kappa shape index (κ3) is 6.96. The standard InChI is InChI=1S/C19H26ClN3O7/c1-3-28-19(26)30-11-29-17(24)10-23-6-4-12(5-7-23)22-18(25)13-8-14(20)15(21)9-16(13)27-2/h8-9,12H,3-7,10-11,21H2,1-2H3,(H,22,25). The third-order valence-corrected chi connectivity index (χ3v) is 4.83. The summed E-state index contributed by atoms with van der Waals surface area (Å²) in [5.41, 5.74) is 6.39. The molecule has 1 saturated heterocycles. The van der Waals surface area contributed by atoms with Crippen LogP contribution in [0.5, 0.6) is 5.75 Å². The highest BCUT2D eigenvalue weighted by Gasteiger charge is 2.24. The van der Waals surface area contributed by atoms with Gasteiger partial charge in [-0.15, -0.1) is 0 Å². The fourth-order valence-corrected chi connectivity index (χ4v) is 3.11. The number of piperidine rings is 1. The highest BCUT2D eigenvalue weighted by Crippen LogP contribution is 2.29. The van der Waals surface area contributed by atoms with Crippen molar-refractivity contribution in [1.82, 2.24) is 10.2 Å². The predicted molar refractivity (Wildman–Crippen MR) is 108 cm³/mol. The van der Waals surface area contributed by atoms with Gasteiger partial charge in [-0.3, -0.25) is 14.5 Å². The number of nitrogens with zero attached hydrogens (tertiary/aromatic N) is 1. The maximum Gasteiger partial charge on any atom is 0.511 e. The monoisotopic (exact) mass is 443 g/mol. The first kappa shape index (κ1) is 23.6. The number of likely N-dealkylation sites (tertiary alicyclic amines) is 1. The number of nitrogens with two attached hydrogens (primary N) is 1. The Hall–Kier alpha value is -2.72. The highest BCUT2D eigenvalue weighted by atomic mass is 35.5. The van der Waals surface area contributed by atoms with E-state index in [9.17, 15) is 14.4 Å². The van der Waals surface area contributed by atoms with Crippen molar-refractivity contribution in [2.75, 3.05) is 45.9 Å². The molecule has 0 saturated carbocycles. The van der Waals surface area contributed by atoms with E-state index in [1.807, 2.05) is 4.90 Å². The summed E-state index contributed by atoms with van der Waals surface area (Å²) in [7, 11) is 1.45. The smallest absolute Gasteiger partial charge is 0.496 e. The average molecular weight is 444 g/mol. The van der Waals surface area contributed by atoms with E-state index in [1.54, 1.807) is 6.92 Å². The summed E-state index contributed by atoms with van der Waals surface area (Å²) in [4.78, 5) is 37.3. The number of esters is 1. The summed E-state index contributed by atoms with van der Waals surface area (Å²) in [6.45, 7) is 2.58. The molecule has 2 rings (SSSR count). The average Bonchev–Trinajstić information content (AvgIpc) is 2.71. The van der Waals surface area contributed by atoms with Crippen LogP contribution in [0.15, 0.2) is 12.1 Å². The maximum absolute atomic E-state index is 12.6. The number of nitrogen functional groups attached to an aromatic ring is 1. The van der Waals surface area contributed by atoms with Crippen molar-refractivity contribution in [2.45, 2.75) is 25.8 Å². The molecule has 1 aliphatic rings. The Kier molecular flexibility index (Phi) is 9.00. The second-order valence-electron chi connectivity index (χ2n) is 6.56. The van der Waals surface area contributed by atoms with Crippen LogP contribution >= 0.6 is 11.6 Å². The van der Waals surface area contributed by atoms with Crippen molar-refractivity contribution < 1.29 is 33.3 Å². The molecular formula is C19H26ClN3O7. The minimum Gasteiger partial charge on any atom is -0.496 e. The number of hydrogen-bond acceptors (Lipinski definition) is 9. The summed E-state index contributed by atoms with van der Waals surface area (Å²) >= 11 is 6.02. The van der Waals surface area contributed by atoms with Gasteiger partial charge in [0.15, 0.2) is 0 Å². The molecule has 0 unspecified atom stereocenters. The van der Waals surface area contributed by atoms with Crippen molar-refractivity contribution in [3.63, 3.8) is 0 Å². The molecule has 0 aliphatic carbocycles. The molecule has 0 radical (unpaired) electrons. The normalized spacial score (nSPS) is 14.6. The lowest BCUT2D eigenvalue weighted by atomic mass is 10.0. The van der Waals surface area contributed by atoms with Gasteiger partial charge >= 0.3 is 12.1 Å². The molecule has 0 bridgehead atoms. The van der Waals surface area contributed by atoms with Gasteiger partial charge in [0.2, 0.25) is 6.79 Å². The number of anilines is 1. The van der Waals surface area contributed by atoms with E-state index in [-0.39, 0.29) is 30.1 Å². The van der Waals surface area contributed by atoms with Crippen LogP contribution in [0.4, 0.5) is 10.5 Å². The summed E-state index contributed by atoms with van der Waals surface area (Å²) in [5, 5.41) is 3.24. The van der Waals surface area contributed by atoms with Crippen LogP contribution in [-0.4, -0.2) is 69.1 Å². The van der Waals surface area contributed by atoms with Gasteiger partial charge in [-0.2, -0.15) is 0 Å². The predicted octanol–water partition coefficient (Wildman–Crippen LogP) is 1.80. The van der Waals surface area contributed by atoms with Crippen molar-refractivity contribution in [2.24, 2.45) is 0 Å². The first-order valence-electron chi connectivity index (χ1n) is 9.45. The number of benzene rings is 1. The minimum atomic E-state index is -0.888. The second kappa shape index (κ2) is 11.5. The molecule has 1 aromatic rings. The Morgan fingerprint density at radius 2 is 1.90 bits per heavy atom. The van der Waals surface area contributed by atoms with E-state index in [2.05, 4.69) is 14.8 Å².